The number of carbonyl (C=O) groups excluding carboxylic acids is 1. The van der Waals surface area contributed by atoms with Gasteiger partial charge in [0.15, 0.2) is 5.76 Å². The number of aryl methyl sites for hydroxylation is 1. The van der Waals surface area contributed by atoms with Gasteiger partial charge in [0.1, 0.15) is 12.4 Å². The summed E-state index contributed by atoms with van der Waals surface area (Å²) >= 11 is 0. The Bertz CT molecular complexity index is 1050. The Labute approximate surface area is 163 Å². The van der Waals surface area contributed by atoms with Gasteiger partial charge in [0.2, 0.25) is 0 Å². The maximum Gasteiger partial charge on any atom is 0.287 e. The Kier molecular flexibility index (Phi) is 5.43. The molecule has 5 heteroatoms. The Morgan fingerprint density at radius 1 is 1.00 bits per heavy atom. The van der Waals surface area contributed by atoms with Gasteiger partial charge in [-0.2, -0.15) is 0 Å². The highest BCUT2D eigenvalue weighted by Gasteiger charge is 2.15. The van der Waals surface area contributed by atoms with Crippen molar-refractivity contribution in [2.75, 3.05) is 6.54 Å². The van der Waals surface area contributed by atoms with Gasteiger partial charge in [-0.1, -0.05) is 36.4 Å². The van der Waals surface area contributed by atoms with Crippen molar-refractivity contribution in [3.8, 4) is 5.75 Å². The smallest absolute Gasteiger partial charge is 0.287 e. The van der Waals surface area contributed by atoms with E-state index in [0.717, 1.165) is 24.3 Å². The number of carbonyl (C=O) groups is 1. The summed E-state index contributed by atoms with van der Waals surface area (Å²) < 4.78 is 13.3. The van der Waals surface area contributed by atoms with Gasteiger partial charge >= 0.3 is 0 Å². The molecule has 0 radical (unpaired) electrons. The molecule has 1 N–H and O–H groups in total. The van der Waals surface area contributed by atoms with Gasteiger partial charge in [-0.3, -0.25) is 4.79 Å². The number of furan rings is 1. The average molecular weight is 374 g/mol. The van der Waals surface area contributed by atoms with Crippen LogP contribution in [0.15, 0.2) is 83.6 Å². The number of para-hydroxylation sites is 2. The molecule has 0 saturated carbocycles. The third-order valence-electron chi connectivity index (χ3n) is 4.63. The molecule has 142 valence electrons. The Hall–Kier alpha value is -3.47. The van der Waals surface area contributed by atoms with Crippen molar-refractivity contribution < 1.29 is 13.9 Å². The zero-order valence-electron chi connectivity index (χ0n) is 15.5. The summed E-state index contributed by atoms with van der Waals surface area (Å²) in [6, 6.07) is 21.7. The van der Waals surface area contributed by atoms with Gasteiger partial charge in [-0.05, 0) is 42.1 Å². The minimum Gasteiger partial charge on any atom is -0.489 e. The molecule has 0 aliphatic carbocycles. The van der Waals surface area contributed by atoms with Crippen LogP contribution in [0.3, 0.4) is 0 Å². The lowest BCUT2D eigenvalue weighted by Gasteiger charge is -2.08. The number of rotatable bonds is 8. The number of aromatic nitrogens is 1. The Morgan fingerprint density at radius 3 is 2.71 bits per heavy atom. The van der Waals surface area contributed by atoms with Crippen LogP contribution in [0, 0.1) is 0 Å². The quantitative estimate of drug-likeness (QED) is 0.457. The minimum atomic E-state index is -0.214. The van der Waals surface area contributed by atoms with Crippen LogP contribution in [0.5, 0.6) is 5.75 Å². The first-order chi connectivity index (χ1) is 13.8. The molecule has 0 saturated heterocycles. The molecule has 1 amide bonds. The molecule has 0 atom stereocenters. The van der Waals surface area contributed by atoms with E-state index in [9.17, 15) is 4.79 Å². The second kappa shape index (κ2) is 8.48. The van der Waals surface area contributed by atoms with Crippen LogP contribution >= 0.6 is 0 Å². The fraction of sp³-hybridized carbons (Fsp3) is 0.174. The number of fused-ring (bicyclic) bond motifs is 1. The van der Waals surface area contributed by atoms with E-state index in [-0.39, 0.29) is 5.91 Å². The van der Waals surface area contributed by atoms with Crippen molar-refractivity contribution in [2.24, 2.45) is 0 Å². The summed E-state index contributed by atoms with van der Waals surface area (Å²) in [5.41, 5.74) is 1.94. The molecule has 2 aromatic heterocycles. The second-order valence-electron chi connectivity index (χ2n) is 6.55. The van der Waals surface area contributed by atoms with Gasteiger partial charge in [0, 0.05) is 30.4 Å². The van der Waals surface area contributed by atoms with E-state index in [0.29, 0.717) is 18.9 Å². The molecular formula is C23H22N2O3. The number of nitrogens with zero attached hydrogens (tertiary/aromatic N) is 1. The fourth-order valence-corrected chi connectivity index (χ4v) is 3.19. The SMILES string of the molecule is O=C(NCCCn1ccc2ccccc21)c1occc1COc1ccccc1. The van der Waals surface area contributed by atoms with Crippen LogP contribution in [-0.4, -0.2) is 17.0 Å². The summed E-state index contributed by atoms with van der Waals surface area (Å²) in [7, 11) is 0. The van der Waals surface area contributed by atoms with E-state index < -0.39 is 0 Å². The van der Waals surface area contributed by atoms with Gasteiger partial charge in [0.25, 0.3) is 5.91 Å². The Balaban J connectivity index is 1.28. The molecule has 0 bridgehead atoms. The highest BCUT2D eigenvalue weighted by Crippen LogP contribution is 2.17. The van der Waals surface area contributed by atoms with Gasteiger partial charge < -0.3 is 19.0 Å². The fourth-order valence-electron chi connectivity index (χ4n) is 3.19. The van der Waals surface area contributed by atoms with E-state index in [1.165, 1.54) is 17.2 Å². The highest BCUT2D eigenvalue weighted by atomic mass is 16.5. The third-order valence-corrected chi connectivity index (χ3v) is 4.63. The molecule has 0 fully saturated rings. The number of hydrogen-bond acceptors (Lipinski definition) is 3. The molecule has 5 nitrogen and oxygen atoms in total. The number of benzene rings is 2. The lowest BCUT2D eigenvalue weighted by Crippen LogP contribution is -2.25. The number of ether oxygens (including phenoxy) is 1. The largest absolute Gasteiger partial charge is 0.489 e. The van der Waals surface area contributed by atoms with Crippen molar-refractivity contribution >= 4 is 16.8 Å². The van der Waals surface area contributed by atoms with Crippen molar-refractivity contribution in [1.82, 2.24) is 9.88 Å². The zero-order chi connectivity index (χ0) is 19.2. The first-order valence-corrected chi connectivity index (χ1v) is 9.37. The maximum absolute atomic E-state index is 12.4. The summed E-state index contributed by atoms with van der Waals surface area (Å²) in [6.45, 7) is 1.71. The van der Waals surface area contributed by atoms with Crippen molar-refractivity contribution in [3.63, 3.8) is 0 Å². The normalized spacial score (nSPS) is 10.9. The highest BCUT2D eigenvalue weighted by molar-refractivity contribution is 5.92. The van der Waals surface area contributed by atoms with Gasteiger partial charge in [0.05, 0.1) is 6.26 Å². The summed E-state index contributed by atoms with van der Waals surface area (Å²) in [4.78, 5) is 12.4. The summed E-state index contributed by atoms with van der Waals surface area (Å²) in [6.07, 6.45) is 4.43. The van der Waals surface area contributed by atoms with E-state index >= 15 is 0 Å². The first kappa shape index (κ1) is 17.9. The lowest BCUT2D eigenvalue weighted by atomic mass is 10.2. The van der Waals surface area contributed by atoms with Crippen LogP contribution in [-0.2, 0) is 13.2 Å². The molecule has 0 aliphatic rings. The van der Waals surface area contributed by atoms with E-state index in [1.807, 2.05) is 42.5 Å². The van der Waals surface area contributed by atoms with Crippen LogP contribution in [0.2, 0.25) is 0 Å². The molecule has 0 unspecified atom stereocenters. The number of nitrogens with one attached hydrogen (secondary N) is 1. The summed E-state index contributed by atoms with van der Waals surface area (Å²) in [5.74, 6) is 0.852. The van der Waals surface area contributed by atoms with Crippen molar-refractivity contribution in [2.45, 2.75) is 19.6 Å². The summed E-state index contributed by atoms with van der Waals surface area (Å²) in [5, 5.41) is 4.16. The average Bonchev–Trinajstić information content (AvgIpc) is 3.37. The third kappa shape index (κ3) is 4.09. The lowest BCUT2D eigenvalue weighted by molar-refractivity contribution is 0.0921. The molecule has 28 heavy (non-hydrogen) atoms. The predicted molar refractivity (Wildman–Crippen MR) is 108 cm³/mol. The van der Waals surface area contributed by atoms with Crippen molar-refractivity contribution in [3.05, 3.63) is 90.5 Å². The standard InChI is InChI=1S/C23H22N2O3/c26-23(22-19(12-16-27-22)17-28-20-8-2-1-3-9-20)24-13-6-14-25-15-11-18-7-4-5-10-21(18)25/h1-5,7-12,15-16H,6,13-14,17H2,(H,24,26). The number of amides is 1. The second-order valence-corrected chi connectivity index (χ2v) is 6.55. The molecule has 4 aromatic rings. The topological polar surface area (TPSA) is 56.4 Å². The molecule has 4 rings (SSSR count). The molecule has 0 aliphatic heterocycles. The zero-order valence-corrected chi connectivity index (χ0v) is 15.5. The molecule has 0 spiro atoms. The maximum atomic E-state index is 12.4. The van der Waals surface area contributed by atoms with E-state index in [1.54, 1.807) is 6.07 Å². The van der Waals surface area contributed by atoms with Crippen LogP contribution in [0.25, 0.3) is 10.9 Å². The van der Waals surface area contributed by atoms with Crippen molar-refractivity contribution in [1.29, 1.82) is 0 Å². The molecule has 2 heterocycles. The van der Waals surface area contributed by atoms with Crippen LogP contribution in [0.4, 0.5) is 0 Å². The Morgan fingerprint density at radius 2 is 1.82 bits per heavy atom. The van der Waals surface area contributed by atoms with Crippen LogP contribution < -0.4 is 10.1 Å². The predicted octanol–water partition coefficient (Wildman–Crippen LogP) is 4.63. The van der Waals surface area contributed by atoms with Gasteiger partial charge in [-0.25, -0.2) is 0 Å². The monoisotopic (exact) mass is 374 g/mol. The minimum absolute atomic E-state index is 0.214. The van der Waals surface area contributed by atoms with Crippen LogP contribution in [0.1, 0.15) is 22.5 Å². The molecule has 2 aromatic carbocycles. The molecular weight excluding hydrogens is 352 g/mol. The first-order valence-electron chi connectivity index (χ1n) is 9.37. The van der Waals surface area contributed by atoms with Gasteiger partial charge in [-0.15, -0.1) is 0 Å². The van der Waals surface area contributed by atoms with E-state index in [4.69, 9.17) is 9.15 Å². The van der Waals surface area contributed by atoms with E-state index in [2.05, 4.69) is 34.3 Å². The number of hydrogen-bond donors (Lipinski definition) is 1.